The fourth-order valence-corrected chi connectivity index (χ4v) is 1.95. The maximum atomic E-state index is 12.8. The Morgan fingerprint density at radius 2 is 2.10 bits per heavy atom. The zero-order valence-electron chi connectivity index (χ0n) is 11.8. The predicted octanol–water partition coefficient (Wildman–Crippen LogP) is 1.09. The molecule has 0 aliphatic carbocycles. The van der Waals surface area contributed by atoms with Gasteiger partial charge in [0.1, 0.15) is 0 Å². The molecular formula is C12H21F3N2O3. The molecule has 1 aliphatic rings. The molecule has 20 heavy (non-hydrogen) atoms. The first-order valence-electron chi connectivity index (χ1n) is 6.48. The second kappa shape index (κ2) is 6.28. The standard InChI is InChI=1S/C12H21F3N2O3/c1-8(2)17-4-5-20-9(7-17)6-16-11(3,10(18)19)12(13,14)15/h8-9,16H,4-7H2,1-3H3,(H,18,19). The number of carboxylic acid groups (broad SMARTS) is 1. The van der Waals surface area contributed by atoms with Crippen LogP contribution in [0, 0.1) is 0 Å². The van der Waals surface area contributed by atoms with Crippen molar-refractivity contribution in [3.63, 3.8) is 0 Å². The lowest BCUT2D eigenvalue weighted by atomic mass is 10.0. The van der Waals surface area contributed by atoms with Gasteiger partial charge in [0.25, 0.3) is 0 Å². The van der Waals surface area contributed by atoms with Gasteiger partial charge in [-0.05, 0) is 20.8 Å². The average molecular weight is 298 g/mol. The Hall–Kier alpha value is -0.860. The Labute approximate surface area is 116 Å². The molecule has 5 nitrogen and oxygen atoms in total. The van der Waals surface area contributed by atoms with Crippen molar-refractivity contribution in [3.05, 3.63) is 0 Å². The van der Waals surface area contributed by atoms with Gasteiger partial charge in [0.05, 0.1) is 12.7 Å². The highest BCUT2D eigenvalue weighted by molar-refractivity contribution is 5.79. The van der Waals surface area contributed by atoms with Crippen LogP contribution in [0.25, 0.3) is 0 Å². The lowest BCUT2D eigenvalue weighted by Crippen LogP contribution is -2.62. The summed E-state index contributed by atoms with van der Waals surface area (Å²) in [4.78, 5) is 13.0. The molecule has 0 aromatic heterocycles. The number of carbonyl (C=O) groups is 1. The van der Waals surface area contributed by atoms with Crippen LogP contribution in [0.2, 0.25) is 0 Å². The highest BCUT2D eigenvalue weighted by Gasteiger charge is 2.57. The summed E-state index contributed by atoms with van der Waals surface area (Å²) >= 11 is 0. The van der Waals surface area contributed by atoms with Crippen LogP contribution in [0.3, 0.4) is 0 Å². The molecule has 1 rings (SSSR count). The van der Waals surface area contributed by atoms with Crippen LogP contribution in [-0.2, 0) is 9.53 Å². The summed E-state index contributed by atoms with van der Waals surface area (Å²) in [6.07, 6.45) is -5.32. The van der Waals surface area contributed by atoms with E-state index in [1.54, 1.807) is 0 Å². The smallest absolute Gasteiger partial charge is 0.417 e. The number of morpholine rings is 1. The number of hydrogen-bond acceptors (Lipinski definition) is 4. The van der Waals surface area contributed by atoms with Crippen LogP contribution in [0.5, 0.6) is 0 Å². The molecule has 2 unspecified atom stereocenters. The summed E-state index contributed by atoms with van der Waals surface area (Å²) in [7, 11) is 0. The Morgan fingerprint density at radius 1 is 1.50 bits per heavy atom. The number of ether oxygens (including phenoxy) is 1. The lowest BCUT2D eigenvalue weighted by Gasteiger charge is -2.37. The van der Waals surface area contributed by atoms with Crippen LogP contribution < -0.4 is 5.32 Å². The number of nitrogens with zero attached hydrogens (tertiary/aromatic N) is 1. The summed E-state index contributed by atoms with van der Waals surface area (Å²) in [5.41, 5.74) is -2.96. The zero-order chi connectivity index (χ0) is 15.6. The summed E-state index contributed by atoms with van der Waals surface area (Å²) < 4.78 is 43.8. The van der Waals surface area contributed by atoms with Crippen molar-refractivity contribution in [2.24, 2.45) is 0 Å². The minimum atomic E-state index is -4.87. The van der Waals surface area contributed by atoms with Gasteiger partial charge in [-0.3, -0.25) is 10.2 Å². The van der Waals surface area contributed by atoms with Gasteiger partial charge in [0, 0.05) is 25.7 Å². The second-order valence-electron chi connectivity index (χ2n) is 5.39. The second-order valence-corrected chi connectivity index (χ2v) is 5.39. The quantitative estimate of drug-likeness (QED) is 0.795. The largest absolute Gasteiger partial charge is 0.480 e. The van der Waals surface area contributed by atoms with Gasteiger partial charge in [0.2, 0.25) is 5.54 Å². The van der Waals surface area contributed by atoms with E-state index in [2.05, 4.69) is 10.2 Å². The topological polar surface area (TPSA) is 61.8 Å². The van der Waals surface area contributed by atoms with E-state index in [4.69, 9.17) is 9.84 Å². The van der Waals surface area contributed by atoms with Crippen LogP contribution in [-0.4, -0.2) is 66.1 Å². The first kappa shape index (κ1) is 17.2. The number of rotatable bonds is 5. The molecule has 2 atom stereocenters. The van der Waals surface area contributed by atoms with E-state index >= 15 is 0 Å². The minimum Gasteiger partial charge on any atom is -0.480 e. The van der Waals surface area contributed by atoms with E-state index < -0.39 is 23.8 Å². The molecule has 118 valence electrons. The molecule has 1 saturated heterocycles. The third-order valence-corrected chi connectivity index (χ3v) is 3.58. The number of aliphatic carboxylic acids is 1. The summed E-state index contributed by atoms with van der Waals surface area (Å²) in [5.74, 6) is -1.94. The van der Waals surface area contributed by atoms with Crippen molar-refractivity contribution in [1.82, 2.24) is 10.2 Å². The van der Waals surface area contributed by atoms with Gasteiger partial charge in [-0.1, -0.05) is 0 Å². The van der Waals surface area contributed by atoms with Crippen LogP contribution in [0.15, 0.2) is 0 Å². The predicted molar refractivity (Wildman–Crippen MR) is 66.5 cm³/mol. The van der Waals surface area contributed by atoms with Gasteiger partial charge in [-0.2, -0.15) is 13.2 Å². The van der Waals surface area contributed by atoms with Crippen LogP contribution in [0.1, 0.15) is 20.8 Å². The molecule has 1 aliphatic heterocycles. The highest BCUT2D eigenvalue weighted by atomic mass is 19.4. The molecule has 8 heteroatoms. The van der Waals surface area contributed by atoms with Gasteiger partial charge < -0.3 is 9.84 Å². The minimum absolute atomic E-state index is 0.161. The number of alkyl halides is 3. The van der Waals surface area contributed by atoms with Crippen LogP contribution >= 0.6 is 0 Å². The third-order valence-electron chi connectivity index (χ3n) is 3.58. The molecule has 1 heterocycles. The molecular weight excluding hydrogens is 277 g/mol. The highest BCUT2D eigenvalue weighted by Crippen LogP contribution is 2.30. The van der Waals surface area contributed by atoms with Crippen molar-refractivity contribution in [2.45, 2.75) is 44.6 Å². The zero-order valence-corrected chi connectivity index (χ0v) is 11.8. The van der Waals surface area contributed by atoms with E-state index in [-0.39, 0.29) is 12.6 Å². The maximum absolute atomic E-state index is 12.8. The molecule has 0 saturated carbocycles. The molecule has 0 aromatic carbocycles. The number of carboxylic acids is 1. The van der Waals surface area contributed by atoms with E-state index in [0.29, 0.717) is 20.1 Å². The molecule has 0 spiro atoms. The lowest BCUT2D eigenvalue weighted by molar-refractivity contribution is -0.207. The van der Waals surface area contributed by atoms with Gasteiger partial charge in [0.15, 0.2) is 0 Å². The van der Waals surface area contributed by atoms with Gasteiger partial charge in [-0.25, -0.2) is 4.79 Å². The van der Waals surface area contributed by atoms with E-state index in [0.717, 1.165) is 6.54 Å². The number of hydrogen-bond donors (Lipinski definition) is 2. The Morgan fingerprint density at radius 3 is 2.55 bits per heavy atom. The molecule has 0 amide bonds. The van der Waals surface area contributed by atoms with Gasteiger partial charge in [-0.15, -0.1) is 0 Å². The van der Waals surface area contributed by atoms with Crippen molar-refractivity contribution in [2.75, 3.05) is 26.2 Å². The molecule has 0 bridgehead atoms. The first-order valence-corrected chi connectivity index (χ1v) is 6.48. The van der Waals surface area contributed by atoms with E-state index in [9.17, 15) is 18.0 Å². The summed E-state index contributed by atoms with van der Waals surface area (Å²) in [6, 6.07) is 0.273. The fourth-order valence-electron chi connectivity index (χ4n) is 1.95. The fraction of sp³-hybridized carbons (Fsp3) is 0.917. The third kappa shape index (κ3) is 3.83. The Balaban J connectivity index is 2.63. The Kier molecular flexibility index (Phi) is 5.39. The average Bonchev–Trinajstić information content (AvgIpc) is 2.34. The van der Waals surface area contributed by atoms with Gasteiger partial charge >= 0.3 is 12.1 Å². The number of halogens is 3. The van der Waals surface area contributed by atoms with E-state index in [1.165, 1.54) is 0 Å². The summed E-state index contributed by atoms with van der Waals surface area (Å²) in [6.45, 7) is 6.09. The molecule has 0 aromatic rings. The monoisotopic (exact) mass is 298 g/mol. The molecule has 1 fully saturated rings. The van der Waals surface area contributed by atoms with Crippen molar-refractivity contribution in [3.8, 4) is 0 Å². The number of nitrogens with one attached hydrogen (secondary N) is 1. The van der Waals surface area contributed by atoms with E-state index in [1.807, 2.05) is 13.8 Å². The molecule has 0 radical (unpaired) electrons. The van der Waals surface area contributed by atoms with Crippen LogP contribution in [0.4, 0.5) is 13.2 Å². The van der Waals surface area contributed by atoms with Crippen molar-refractivity contribution in [1.29, 1.82) is 0 Å². The van der Waals surface area contributed by atoms with Crippen molar-refractivity contribution < 1.29 is 27.8 Å². The first-order chi connectivity index (χ1) is 9.08. The SMILES string of the molecule is CC(C)N1CCOC(CNC(C)(C(=O)O)C(F)(F)F)C1. The normalized spacial score (nSPS) is 24.6. The van der Waals surface area contributed by atoms with Crippen molar-refractivity contribution >= 4 is 5.97 Å². The Bertz CT molecular complexity index is 349. The molecule has 2 N–H and O–H groups in total. The summed E-state index contributed by atoms with van der Waals surface area (Å²) in [5, 5.41) is 10.9. The maximum Gasteiger partial charge on any atom is 0.417 e.